The molecule has 0 radical (unpaired) electrons. The fraction of sp³-hybridized carbons (Fsp3) is 0.333. The number of hydrogen-bond acceptors (Lipinski definition) is 1. The molecule has 1 atom stereocenters. The predicted molar refractivity (Wildman–Crippen MR) is 54.1 cm³/mol. The van der Waals surface area contributed by atoms with E-state index in [1.54, 1.807) is 0 Å². The molecule has 0 aliphatic carbocycles. The zero-order valence-electron chi connectivity index (χ0n) is 7.92. The highest BCUT2D eigenvalue weighted by molar-refractivity contribution is 5.38. The molecular weight excluding hydrogens is 160 g/mol. The normalized spacial score (nSPS) is 20.2. The summed E-state index contributed by atoms with van der Waals surface area (Å²) in [7, 11) is 0. The molecule has 0 aromatic heterocycles. The number of rotatable bonds is 1. The summed E-state index contributed by atoms with van der Waals surface area (Å²) in [6.07, 6.45) is 4.24. The van der Waals surface area contributed by atoms with Crippen LogP contribution in [0.15, 0.2) is 30.9 Å². The topological polar surface area (TPSA) is 9.23 Å². The van der Waals surface area contributed by atoms with Crippen molar-refractivity contribution >= 4 is 0 Å². The summed E-state index contributed by atoms with van der Waals surface area (Å²) in [6.45, 7) is 5.86. The number of hydrogen-bond donors (Lipinski definition) is 0. The molecule has 2 rings (SSSR count). The fourth-order valence-electron chi connectivity index (χ4n) is 1.70. The lowest BCUT2D eigenvalue weighted by molar-refractivity contribution is 0.219. The van der Waals surface area contributed by atoms with Crippen LogP contribution < -0.4 is 4.74 Å². The SMILES string of the molecule is C=C[C@@H]1CCc2cc(C)ccc2O1. The van der Waals surface area contributed by atoms with Crippen molar-refractivity contribution in [3.8, 4) is 5.75 Å². The maximum atomic E-state index is 5.72. The highest BCUT2D eigenvalue weighted by Gasteiger charge is 2.16. The van der Waals surface area contributed by atoms with Gasteiger partial charge >= 0.3 is 0 Å². The van der Waals surface area contributed by atoms with E-state index in [1.807, 2.05) is 6.08 Å². The third-order valence-corrected chi connectivity index (χ3v) is 2.46. The first-order valence-electron chi connectivity index (χ1n) is 4.68. The van der Waals surface area contributed by atoms with Crippen molar-refractivity contribution in [1.82, 2.24) is 0 Å². The highest BCUT2D eigenvalue weighted by Crippen LogP contribution is 2.28. The van der Waals surface area contributed by atoms with Crippen LogP contribution in [0.2, 0.25) is 0 Å². The van der Waals surface area contributed by atoms with Crippen molar-refractivity contribution in [1.29, 1.82) is 0 Å². The quantitative estimate of drug-likeness (QED) is 0.595. The Morgan fingerprint density at radius 2 is 2.38 bits per heavy atom. The lowest BCUT2D eigenvalue weighted by Crippen LogP contribution is -2.19. The summed E-state index contributed by atoms with van der Waals surface area (Å²) in [5.41, 5.74) is 2.64. The summed E-state index contributed by atoms with van der Waals surface area (Å²) in [4.78, 5) is 0. The fourth-order valence-corrected chi connectivity index (χ4v) is 1.70. The minimum Gasteiger partial charge on any atom is -0.486 e. The second-order valence-electron chi connectivity index (χ2n) is 3.54. The molecule has 1 heterocycles. The predicted octanol–water partition coefficient (Wildman–Crippen LogP) is 2.87. The zero-order valence-corrected chi connectivity index (χ0v) is 7.92. The van der Waals surface area contributed by atoms with E-state index in [-0.39, 0.29) is 6.10 Å². The third-order valence-electron chi connectivity index (χ3n) is 2.46. The zero-order chi connectivity index (χ0) is 9.26. The number of aryl methyl sites for hydroxylation is 2. The van der Waals surface area contributed by atoms with Gasteiger partial charge in [-0.05, 0) is 31.4 Å². The minimum atomic E-state index is 0.204. The molecule has 0 saturated carbocycles. The first-order chi connectivity index (χ1) is 6.29. The Labute approximate surface area is 79.0 Å². The minimum absolute atomic E-state index is 0.204. The van der Waals surface area contributed by atoms with E-state index in [9.17, 15) is 0 Å². The second kappa shape index (κ2) is 3.25. The first kappa shape index (κ1) is 8.36. The highest BCUT2D eigenvalue weighted by atomic mass is 16.5. The second-order valence-corrected chi connectivity index (χ2v) is 3.54. The van der Waals surface area contributed by atoms with Gasteiger partial charge in [0.1, 0.15) is 11.9 Å². The molecule has 13 heavy (non-hydrogen) atoms. The van der Waals surface area contributed by atoms with E-state index in [0.29, 0.717) is 0 Å². The Kier molecular flexibility index (Phi) is 2.09. The van der Waals surface area contributed by atoms with Crippen molar-refractivity contribution in [2.24, 2.45) is 0 Å². The van der Waals surface area contributed by atoms with E-state index in [0.717, 1.165) is 18.6 Å². The van der Waals surface area contributed by atoms with E-state index in [4.69, 9.17) is 4.74 Å². The summed E-state index contributed by atoms with van der Waals surface area (Å²) in [5, 5.41) is 0. The molecule has 0 spiro atoms. The van der Waals surface area contributed by atoms with E-state index in [1.165, 1.54) is 11.1 Å². The Morgan fingerprint density at radius 3 is 3.15 bits per heavy atom. The van der Waals surface area contributed by atoms with Crippen LogP contribution in [0.3, 0.4) is 0 Å². The summed E-state index contributed by atoms with van der Waals surface area (Å²) >= 11 is 0. The van der Waals surface area contributed by atoms with Crippen LogP contribution in [0.5, 0.6) is 5.75 Å². The molecule has 1 aromatic rings. The monoisotopic (exact) mass is 174 g/mol. The van der Waals surface area contributed by atoms with Crippen molar-refractivity contribution in [2.75, 3.05) is 0 Å². The van der Waals surface area contributed by atoms with E-state index < -0.39 is 0 Å². The molecule has 0 fully saturated rings. The van der Waals surface area contributed by atoms with Crippen molar-refractivity contribution in [3.63, 3.8) is 0 Å². The summed E-state index contributed by atoms with van der Waals surface area (Å²) in [5.74, 6) is 1.03. The number of benzene rings is 1. The van der Waals surface area contributed by atoms with Crippen LogP contribution >= 0.6 is 0 Å². The number of ether oxygens (including phenoxy) is 1. The van der Waals surface area contributed by atoms with Crippen LogP contribution in [0.25, 0.3) is 0 Å². The van der Waals surface area contributed by atoms with Gasteiger partial charge in [-0.3, -0.25) is 0 Å². The molecule has 0 N–H and O–H groups in total. The maximum Gasteiger partial charge on any atom is 0.123 e. The average Bonchev–Trinajstić information content (AvgIpc) is 2.17. The van der Waals surface area contributed by atoms with Crippen molar-refractivity contribution in [3.05, 3.63) is 42.0 Å². The standard InChI is InChI=1S/C12H14O/c1-3-11-6-5-10-8-9(2)4-7-12(10)13-11/h3-4,7-8,11H,1,5-6H2,2H3/t11-/m1/s1. The van der Waals surface area contributed by atoms with Crippen LogP contribution in [-0.4, -0.2) is 6.10 Å². The molecule has 1 aliphatic heterocycles. The molecule has 0 bridgehead atoms. The van der Waals surface area contributed by atoms with Crippen molar-refractivity contribution in [2.45, 2.75) is 25.9 Å². The van der Waals surface area contributed by atoms with Crippen LogP contribution in [0.4, 0.5) is 0 Å². The third kappa shape index (κ3) is 1.59. The molecule has 0 unspecified atom stereocenters. The van der Waals surface area contributed by atoms with Crippen LogP contribution in [-0.2, 0) is 6.42 Å². The van der Waals surface area contributed by atoms with Gasteiger partial charge in [-0.1, -0.05) is 30.4 Å². The maximum absolute atomic E-state index is 5.72. The van der Waals surface area contributed by atoms with Gasteiger partial charge < -0.3 is 4.74 Å². The van der Waals surface area contributed by atoms with Gasteiger partial charge in [0, 0.05) is 0 Å². The van der Waals surface area contributed by atoms with Crippen molar-refractivity contribution < 1.29 is 4.74 Å². The van der Waals surface area contributed by atoms with E-state index in [2.05, 4.69) is 31.7 Å². The van der Waals surface area contributed by atoms with E-state index >= 15 is 0 Å². The molecule has 1 aromatic carbocycles. The molecule has 0 amide bonds. The molecule has 68 valence electrons. The van der Waals surface area contributed by atoms with Crippen LogP contribution in [0, 0.1) is 6.92 Å². The van der Waals surface area contributed by atoms with Gasteiger partial charge in [0.25, 0.3) is 0 Å². The lowest BCUT2D eigenvalue weighted by atomic mass is 10.0. The molecule has 1 aliphatic rings. The van der Waals surface area contributed by atoms with Gasteiger partial charge in [0.05, 0.1) is 0 Å². The molecule has 1 nitrogen and oxygen atoms in total. The van der Waals surface area contributed by atoms with Crippen LogP contribution in [0.1, 0.15) is 17.5 Å². The van der Waals surface area contributed by atoms with Gasteiger partial charge in [-0.15, -0.1) is 0 Å². The largest absolute Gasteiger partial charge is 0.486 e. The smallest absolute Gasteiger partial charge is 0.123 e. The lowest BCUT2D eigenvalue weighted by Gasteiger charge is -2.23. The van der Waals surface area contributed by atoms with Gasteiger partial charge in [0.15, 0.2) is 0 Å². The number of fused-ring (bicyclic) bond motifs is 1. The molecular formula is C12H14O. The van der Waals surface area contributed by atoms with Gasteiger partial charge in [-0.25, -0.2) is 0 Å². The Balaban J connectivity index is 2.31. The first-order valence-corrected chi connectivity index (χ1v) is 4.68. The summed E-state index contributed by atoms with van der Waals surface area (Å²) < 4.78 is 5.72. The van der Waals surface area contributed by atoms with Gasteiger partial charge in [0.2, 0.25) is 0 Å². The molecule has 0 saturated heterocycles. The Morgan fingerprint density at radius 1 is 1.54 bits per heavy atom. The Hall–Kier alpha value is -1.24. The Bertz CT molecular complexity index is 328. The van der Waals surface area contributed by atoms with Gasteiger partial charge in [-0.2, -0.15) is 0 Å². The summed E-state index contributed by atoms with van der Waals surface area (Å²) in [6, 6.07) is 6.35. The molecule has 1 heteroatoms. The average molecular weight is 174 g/mol.